The molecule has 1 aromatic heterocycles. The van der Waals surface area contributed by atoms with Gasteiger partial charge in [-0.2, -0.15) is 0 Å². The van der Waals surface area contributed by atoms with Crippen LogP contribution in [0.5, 0.6) is 0 Å². The number of fused-ring (bicyclic) bond motifs is 1. The Kier molecular flexibility index (Phi) is 3.64. The van der Waals surface area contributed by atoms with Crippen molar-refractivity contribution in [3.05, 3.63) is 58.0 Å². The lowest BCUT2D eigenvalue weighted by atomic mass is 9.75. The highest BCUT2D eigenvalue weighted by atomic mass is 79.9. The Labute approximate surface area is 134 Å². The molecule has 1 aromatic carbocycles. The molecule has 1 unspecified atom stereocenters. The molecule has 1 fully saturated rings. The van der Waals surface area contributed by atoms with Crippen LogP contribution in [-0.4, -0.2) is 6.04 Å². The van der Waals surface area contributed by atoms with Crippen LogP contribution in [0.15, 0.2) is 45.5 Å². The van der Waals surface area contributed by atoms with Gasteiger partial charge >= 0.3 is 0 Å². The molecule has 0 spiro atoms. The van der Waals surface area contributed by atoms with E-state index in [1.54, 1.807) is 0 Å². The van der Waals surface area contributed by atoms with E-state index in [4.69, 9.17) is 4.42 Å². The first-order chi connectivity index (χ1) is 10.3. The lowest BCUT2D eigenvalue weighted by molar-refractivity contribution is 0.251. The van der Waals surface area contributed by atoms with Crippen molar-refractivity contribution in [2.24, 2.45) is 0 Å². The van der Waals surface area contributed by atoms with Crippen molar-refractivity contribution in [1.29, 1.82) is 0 Å². The molecule has 2 aromatic rings. The van der Waals surface area contributed by atoms with Gasteiger partial charge in [-0.05, 0) is 49.3 Å². The van der Waals surface area contributed by atoms with Crippen LogP contribution in [0.1, 0.15) is 54.5 Å². The number of benzene rings is 1. The molecule has 0 bridgehead atoms. The van der Waals surface area contributed by atoms with Crippen molar-refractivity contribution in [3.63, 3.8) is 0 Å². The van der Waals surface area contributed by atoms with E-state index in [2.05, 4.69) is 51.6 Å². The quantitative estimate of drug-likeness (QED) is 0.850. The molecule has 1 saturated carbocycles. The van der Waals surface area contributed by atoms with Crippen LogP contribution in [0.2, 0.25) is 0 Å². The van der Waals surface area contributed by atoms with Gasteiger partial charge in [-0.3, -0.25) is 0 Å². The summed E-state index contributed by atoms with van der Waals surface area (Å²) in [5, 5.41) is 3.84. The van der Waals surface area contributed by atoms with Gasteiger partial charge in [0.1, 0.15) is 5.76 Å². The molecule has 1 N–H and O–H groups in total. The van der Waals surface area contributed by atoms with Crippen molar-refractivity contribution in [2.75, 3.05) is 0 Å². The molecule has 1 heterocycles. The first kappa shape index (κ1) is 13.6. The standard InChI is InChI=1S/C18H20BrNO/c19-16-5-2-1-4-14(16)12-10-13(11-12)20-17-6-3-7-18-15(17)8-9-21-18/h1-2,4-5,8-9,12-13,17,20H,3,6-7,10-11H2. The monoisotopic (exact) mass is 345 g/mol. The number of hydrogen-bond acceptors (Lipinski definition) is 2. The summed E-state index contributed by atoms with van der Waals surface area (Å²) in [5.41, 5.74) is 2.86. The number of nitrogens with one attached hydrogen (secondary N) is 1. The second-order valence-electron chi connectivity index (χ2n) is 6.30. The van der Waals surface area contributed by atoms with E-state index >= 15 is 0 Å². The second-order valence-corrected chi connectivity index (χ2v) is 7.15. The van der Waals surface area contributed by atoms with Crippen LogP contribution in [0.3, 0.4) is 0 Å². The van der Waals surface area contributed by atoms with E-state index in [1.165, 1.54) is 47.0 Å². The molecule has 2 aliphatic carbocycles. The van der Waals surface area contributed by atoms with E-state index in [0.717, 1.165) is 6.42 Å². The van der Waals surface area contributed by atoms with Crippen LogP contribution in [-0.2, 0) is 6.42 Å². The van der Waals surface area contributed by atoms with Gasteiger partial charge < -0.3 is 9.73 Å². The zero-order valence-corrected chi connectivity index (χ0v) is 13.6. The summed E-state index contributed by atoms with van der Waals surface area (Å²) < 4.78 is 6.83. The third-order valence-electron chi connectivity index (χ3n) is 4.97. The molecule has 21 heavy (non-hydrogen) atoms. The summed E-state index contributed by atoms with van der Waals surface area (Å²) in [6, 6.07) is 11.9. The van der Waals surface area contributed by atoms with Crippen molar-refractivity contribution >= 4 is 15.9 Å². The fraction of sp³-hybridized carbons (Fsp3) is 0.444. The van der Waals surface area contributed by atoms with Gasteiger partial charge in [-0.25, -0.2) is 0 Å². The van der Waals surface area contributed by atoms with E-state index < -0.39 is 0 Å². The molecule has 110 valence electrons. The minimum atomic E-state index is 0.498. The maximum absolute atomic E-state index is 5.58. The van der Waals surface area contributed by atoms with Gasteiger partial charge in [0.05, 0.1) is 6.26 Å². The average molecular weight is 346 g/mol. The average Bonchev–Trinajstić information content (AvgIpc) is 2.93. The number of hydrogen-bond donors (Lipinski definition) is 1. The lowest BCUT2D eigenvalue weighted by Gasteiger charge is -2.40. The number of halogens is 1. The summed E-state index contributed by atoms with van der Waals surface area (Å²) in [7, 11) is 0. The van der Waals surface area contributed by atoms with E-state index in [-0.39, 0.29) is 0 Å². The van der Waals surface area contributed by atoms with Gasteiger partial charge in [0.15, 0.2) is 0 Å². The van der Waals surface area contributed by atoms with Crippen LogP contribution < -0.4 is 5.32 Å². The Morgan fingerprint density at radius 1 is 1.10 bits per heavy atom. The molecule has 4 rings (SSSR count). The highest BCUT2D eigenvalue weighted by Gasteiger charge is 2.34. The highest BCUT2D eigenvalue weighted by molar-refractivity contribution is 9.10. The van der Waals surface area contributed by atoms with Crippen molar-refractivity contribution in [1.82, 2.24) is 5.32 Å². The molecule has 2 aliphatic rings. The van der Waals surface area contributed by atoms with Crippen LogP contribution in [0, 0.1) is 0 Å². The maximum atomic E-state index is 5.58. The maximum Gasteiger partial charge on any atom is 0.108 e. The van der Waals surface area contributed by atoms with Gasteiger partial charge in [0.2, 0.25) is 0 Å². The smallest absolute Gasteiger partial charge is 0.108 e. The molecule has 0 aliphatic heterocycles. The van der Waals surface area contributed by atoms with Crippen molar-refractivity contribution < 1.29 is 4.42 Å². The zero-order chi connectivity index (χ0) is 14.2. The largest absolute Gasteiger partial charge is 0.469 e. The summed E-state index contributed by atoms with van der Waals surface area (Å²) in [6.07, 6.45) is 7.90. The molecular weight excluding hydrogens is 326 g/mol. The third kappa shape index (κ3) is 2.58. The first-order valence-electron chi connectivity index (χ1n) is 7.88. The minimum Gasteiger partial charge on any atom is -0.469 e. The predicted molar refractivity (Wildman–Crippen MR) is 87.4 cm³/mol. The van der Waals surface area contributed by atoms with E-state index in [1.807, 2.05) is 6.26 Å². The Bertz CT molecular complexity index is 630. The van der Waals surface area contributed by atoms with E-state index in [0.29, 0.717) is 18.0 Å². The number of aryl methyl sites for hydroxylation is 1. The third-order valence-corrected chi connectivity index (χ3v) is 5.69. The summed E-state index contributed by atoms with van der Waals surface area (Å²) in [5.74, 6) is 1.89. The number of furan rings is 1. The summed E-state index contributed by atoms with van der Waals surface area (Å²) >= 11 is 3.67. The fourth-order valence-corrected chi connectivity index (χ4v) is 4.37. The molecule has 0 radical (unpaired) electrons. The minimum absolute atomic E-state index is 0.498. The second kappa shape index (κ2) is 5.62. The first-order valence-corrected chi connectivity index (χ1v) is 8.67. The van der Waals surface area contributed by atoms with Crippen LogP contribution in [0.25, 0.3) is 0 Å². The fourth-order valence-electron chi connectivity index (χ4n) is 3.76. The Balaban J connectivity index is 1.39. The SMILES string of the molecule is Brc1ccccc1C1CC(NC2CCCc3occc32)C1. The molecular formula is C18H20BrNO. The van der Waals surface area contributed by atoms with Gasteiger partial charge in [-0.15, -0.1) is 0 Å². The number of rotatable bonds is 3. The van der Waals surface area contributed by atoms with E-state index in [9.17, 15) is 0 Å². The molecule has 2 nitrogen and oxygen atoms in total. The predicted octanol–water partition coefficient (Wildman–Crippen LogP) is 4.96. The Hall–Kier alpha value is -1.06. The molecule has 0 amide bonds. The normalized spacial score (nSPS) is 28.0. The van der Waals surface area contributed by atoms with Crippen molar-refractivity contribution in [2.45, 2.75) is 50.1 Å². The molecule has 0 saturated heterocycles. The topological polar surface area (TPSA) is 25.2 Å². The van der Waals surface area contributed by atoms with Crippen LogP contribution >= 0.6 is 15.9 Å². The van der Waals surface area contributed by atoms with Gasteiger partial charge in [-0.1, -0.05) is 34.1 Å². The van der Waals surface area contributed by atoms with Crippen LogP contribution in [0.4, 0.5) is 0 Å². The zero-order valence-electron chi connectivity index (χ0n) is 12.0. The lowest BCUT2D eigenvalue weighted by Crippen LogP contribution is -2.42. The molecule has 1 atom stereocenters. The van der Waals surface area contributed by atoms with Crippen molar-refractivity contribution in [3.8, 4) is 0 Å². The Morgan fingerprint density at radius 2 is 1.95 bits per heavy atom. The highest BCUT2D eigenvalue weighted by Crippen LogP contribution is 2.42. The summed E-state index contributed by atoms with van der Waals surface area (Å²) in [4.78, 5) is 0. The Morgan fingerprint density at radius 3 is 2.81 bits per heavy atom. The summed E-state index contributed by atoms with van der Waals surface area (Å²) in [6.45, 7) is 0. The van der Waals surface area contributed by atoms with Gasteiger partial charge in [0, 0.05) is 28.5 Å². The van der Waals surface area contributed by atoms with Gasteiger partial charge in [0.25, 0.3) is 0 Å². The molecule has 3 heteroatoms.